The molecule has 0 spiro atoms. The van der Waals surface area contributed by atoms with Gasteiger partial charge in [-0.25, -0.2) is 0 Å². The van der Waals surface area contributed by atoms with Crippen LogP contribution in [-0.2, 0) is 10.2 Å². The third kappa shape index (κ3) is 5.80. The van der Waals surface area contributed by atoms with Crippen molar-refractivity contribution >= 4 is 41.5 Å². The molecule has 130 valence electrons. The summed E-state index contributed by atoms with van der Waals surface area (Å²) in [6, 6.07) is 8.33. The molecule has 0 saturated heterocycles. The topological polar surface area (TPSA) is 59.6 Å². The molecular weight excluding hydrogens is 425 g/mol. The standard InChI is InChI=1S/C17H26ClN3O.HI/c1-13(11-22-2)21-16(19)20-12-17(9-3-4-10-17)14-5-7-15(18)8-6-14;/h5-8,13H,3-4,9-12H2,1-2H3,(H3,19,20,21);1H. The first-order valence-corrected chi connectivity index (χ1v) is 8.25. The number of hydrogen-bond acceptors (Lipinski definition) is 2. The quantitative estimate of drug-likeness (QED) is 0.394. The maximum atomic E-state index is 6.01. The molecule has 1 aliphatic rings. The van der Waals surface area contributed by atoms with E-state index in [-0.39, 0.29) is 35.4 Å². The number of halogens is 2. The predicted molar refractivity (Wildman–Crippen MR) is 108 cm³/mol. The fourth-order valence-electron chi connectivity index (χ4n) is 3.22. The minimum atomic E-state index is 0. The van der Waals surface area contributed by atoms with E-state index < -0.39 is 0 Å². The third-order valence-corrected chi connectivity index (χ3v) is 4.63. The first-order chi connectivity index (χ1) is 10.6. The Hall–Kier alpha value is -0.530. The molecule has 1 unspecified atom stereocenters. The molecule has 2 rings (SSSR count). The number of ether oxygens (including phenoxy) is 1. The van der Waals surface area contributed by atoms with E-state index in [1.807, 2.05) is 19.1 Å². The molecule has 1 saturated carbocycles. The molecular formula is C17H27ClIN3O. The van der Waals surface area contributed by atoms with Crippen molar-refractivity contribution in [2.75, 3.05) is 20.3 Å². The molecule has 3 N–H and O–H groups in total. The number of nitrogens with zero attached hydrogens (tertiary/aromatic N) is 1. The zero-order chi connectivity index (χ0) is 16.0. The molecule has 6 heteroatoms. The fraction of sp³-hybridized carbons (Fsp3) is 0.588. The van der Waals surface area contributed by atoms with E-state index in [0.29, 0.717) is 19.1 Å². The molecule has 4 nitrogen and oxygen atoms in total. The molecule has 1 atom stereocenters. The Bertz CT molecular complexity index is 501. The van der Waals surface area contributed by atoms with Crippen LogP contribution in [-0.4, -0.2) is 32.3 Å². The zero-order valence-electron chi connectivity index (χ0n) is 13.8. The van der Waals surface area contributed by atoms with Crippen LogP contribution in [0.2, 0.25) is 5.02 Å². The van der Waals surface area contributed by atoms with Crippen LogP contribution in [0.1, 0.15) is 38.2 Å². The molecule has 0 radical (unpaired) electrons. The lowest BCUT2D eigenvalue weighted by molar-refractivity contribution is 0.179. The summed E-state index contributed by atoms with van der Waals surface area (Å²) in [5.74, 6) is 0.491. The fourth-order valence-corrected chi connectivity index (χ4v) is 3.35. The third-order valence-electron chi connectivity index (χ3n) is 4.38. The summed E-state index contributed by atoms with van der Waals surface area (Å²) in [4.78, 5) is 4.59. The van der Waals surface area contributed by atoms with Gasteiger partial charge in [0.05, 0.1) is 13.2 Å². The molecule has 23 heavy (non-hydrogen) atoms. The van der Waals surface area contributed by atoms with Gasteiger partial charge in [0, 0.05) is 23.6 Å². The van der Waals surface area contributed by atoms with Crippen LogP contribution in [0.4, 0.5) is 0 Å². The highest BCUT2D eigenvalue weighted by atomic mass is 127. The smallest absolute Gasteiger partial charge is 0.188 e. The van der Waals surface area contributed by atoms with E-state index in [1.54, 1.807) is 7.11 Å². The SMILES string of the molecule is COCC(C)NC(N)=NCC1(c2ccc(Cl)cc2)CCCC1.I. The van der Waals surface area contributed by atoms with E-state index >= 15 is 0 Å². The van der Waals surface area contributed by atoms with Crippen LogP contribution in [0.15, 0.2) is 29.3 Å². The molecule has 1 fully saturated rings. The van der Waals surface area contributed by atoms with Crippen LogP contribution in [0.5, 0.6) is 0 Å². The van der Waals surface area contributed by atoms with Gasteiger partial charge in [-0.3, -0.25) is 4.99 Å². The average molecular weight is 452 g/mol. The molecule has 0 aromatic heterocycles. The Labute approximate surface area is 161 Å². The summed E-state index contributed by atoms with van der Waals surface area (Å²) in [5, 5.41) is 3.94. The monoisotopic (exact) mass is 451 g/mol. The van der Waals surface area contributed by atoms with Crippen LogP contribution >= 0.6 is 35.6 Å². The van der Waals surface area contributed by atoms with E-state index in [9.17, 15) is 0 Å². The van der Waals surface area contributed by atoms with E-state index in [1.165, 1.54) is 18.4 Å². The Morgan fingerprint density at radius 1 is 1.35 bits per heavy atom. The Balaban J connectivity index is 0.00000264. The van der Waals surface area contributed by atoms with Gasteiger partial charge in [-0.05, 0) is 37.5 Å². The highest BCUT2D eigenvalue weighted by molar-refractivity contribution is 14.0. The van der Waals surface area contributed by atoms with Crippen molar-refractivity contribution in [1.82, 2.24) is 5.32 Å². The van der Waals surface area contributed by atoms with Gasteiger partial charge in [0.2, 0.25) is 0 Å². The highest BCUT2D eigenvalue weighted by Gasteiger charge is 2.35. The number of methoxy groups -OCH3 is 1. The Morgan fingerprint density at radius 2 is 1.96 bits per heavy atom. The predicted octanol–water partition coefficient (Wildman–Crippen LogP) is 3.71. The Morgan fingerprint density at radius 3 is 2.52 bits per heavy atom. The van der Waals surface area contributed by atoms with Gasteiger partial charge < -0.3 is 15.8 Å². The number of nitrogens with two attached hydrogens (primary N) is 1. The summed E-state index contributed by atoms with van der Waals surface area (Å²) in [7, 11) is 1.68. The van der Waals surface area contributed by atoms with Crippen molar-refractivity contribution in [1.29, 1.82) is 0 Å². The van der Waals surface area contributed by atoms with E-state index in [4.69, 9.17) is 22.1 Å². The number of guanidine groups is 1. The largest absolute Gasteiger partial charge is 0.383 e. The maximum absolute atomic E-state index is 6.01. The average Bonchev–Trinajstić information content (AvgIpc) is 2.96. The molecule has 1 aromatic rings. The van der Waals surface area contributed by atoms with Crippen molar-refractivity contribution < 1.29 is 4.74 Å². The number of rotatable bonds is 6. The maximum Gasteiger partial charge on any atom is 0.188 e. The second-order valence-corrected chi connectivity index (χ2v) is 6.63. The summed E-state index contributed by atoms with van der Waals surface area (Å²) in [6.07, 6.45) is 4.79. The molecule has 0 aliphatic heterocycles. The van der Waals surface area contributed by atoms with Gasteiger partial charge in [-0.15, -0.1) is 24.0 Å². The number of benzene rings is 1. The second kappa shape index (κ2) is 9.69. The van der Waals surface area contributed by atoms with Crippen LogP contribution in [0.3, 0.4) is 0 Å². The van der Waals surface area contributed by atoms with Gasteiger partial charge in [0.25, 0.3) is 0 Å². The minimum Gasteiger partial charge on any atom is -0.383 e. The first kappa shape index (κ1) is 20.5. The summed E-state index contributed by atoms with van der Waals surface area (Å²) in [5.41, 5.74) is 7.42. The summed E-state index contributed by atoms with van der Waals surface area (Å²) >= 11 is 6.01. The van der Waals surface area contributed by atoms with Gasteiger partial charge in [-0.1, -0.05) is 36.6 Å². The first-order valence-electron chi connectivity index (χ1n) is 7.87. The van der Waals surface area contributed by atoms with Crippen molar-refractivity contribution in [2.24, 2.45) is 10.7 Å². The number of aliphatic imine (C=N–C) groups is 1. The molecule has 0 amide bonds. The molecule has 0 bridgehead atoms. The lowest BCUT2D eigenvalue weighted by Gasteiger charge is -2.28. The highest BCUT2D eigenvalue weighted by Crippen LogP contribution is 2.41. The van der Waals surface area contributed by atoms with Crippen molar-refractivity contribution in [2.45, 2.75) is 44.1 Å². The van der Waals surface area contributed by atoms with Gasteiger partial charge in [-0.2, -0.15) is 0 Å². The van der Waals surface area contributed by atoms with Crippen LogP contribution in [0.25, 0.3) is 0 Å². The zero-order valence-corrected chi connectivity index (χ0v) is 16.9. The van der Waals surface area contributed by atoms with Crippen molar-refractivity contribution in [3.8, 4) is 0 Å². The molecule has 1 aromatic carbocycles. The van der Waals surface area contributed by atoms with Crippen LogP contribution < -0.4 is 11.1 Å². The van der Waals surface area contributed by atoms with Crippen molar-refractivity contribution in [3.05, 3.63) is 34.9 Å². The van der Waals surface area contributed by atoms with Gasteiger partial charge in [0.15, 0.2) is 5.96 Å². The van der Waals surface area contributed by atoms with Gasteiger partial charge >= 0.3 is 0 Å². The lowest BCUT2D eigenvalue weighted by Crippen LogP contribution is -2.41. The number of nitrogens with one attached hydrogen (secondary N) is 1. The molecule has 1 aliphatic carbocycles. The molecule has 0 heterocycles. The van der Waals surface area contributed by atoms with Crippen molar-refractivity contribution in [3.63, 3.8) is 0 Å². The van der Waals surface area contributed by atoms with E-state index in [0.717, 1.165) is 17.9 Å². The minimum absolute atomic E-state index is 0. The summed E-state index contributed by atoms with van der Waals surface area (Å²) < 4.78 is 5.10. The lowest BCUT2D eigenvalue weighted by atomic mass is 9.79. The summed E-state index contributed by atoms with van der Waals surface area (Å²) in [6.45, 7) is 3.35. The van der Waals surface area contributed by atoms with Gasteiger partial charge in [0.1, 0.15) is 0 Å². The van der Waals surface area contributed by atoms with Crippen LogP contribution in [0, 0.1) is 0 Å². The second-order valence-electron chi connectivity index (χ2n) is 6.20. The number of hydrogen-bond donors (Lipinski definition) is 2. The Kier molecular flexibility index (Phi) is 8.64. The normalized spacial score (nSPS) is 18.3. The van der Waals surface area contributed by atoms with E-state index in [2.05, 4.69) is 22.4 Å².